The maximum atomic E-state index is 14.6. The summed E-state index contributed by atoms with van der Waals surface area (Å²) in [6.07, 6.45) is -5.23. The second-order valence-corrected chi connectivity index (χ2v) is 15.0. The van der Waals surface area contributed by atoms with Crippen LogP contribution in [0.1, 0.15) is 52.7 Å². The van der Waals surface area contributed by atoms with Crippen molar-refractivity contribution >= 4 is 53.5 Å². The van der Waals surface area contributed by atoms with Gasteiger partial charge in [-0.05, 0) is 18.1 Å². The molecule has 0 radical (unpaired) electrons. The molecule has 2 aromatic carbocycles. The van der Waals surface area contributed by atoms with Crippen molar-refractivity contribution in [1.82, 2.24) is 15.5 Å². The van der Waals surface area contributed by atoms with Crippen molar-refractivity contribution in [2.45, 2.75) is 108 Å². The van der Waals surface area contributed by atoms with Crippen LogP contribution >= 0.6 is 11.8 Å². The first-order chi connectivity index (χ1) is 27.4. The molecule has 9 atom stereocenters. The van der Waals surface area contributed by atoms with E-state index in [1.807, 2.05) is 0 Å². The Morgan fingerprint density at radius 3 is 1.98 bits per heavy atom. The number of carbonyl (C=O) groups is 7. The lowest BCUT2D eigenvalue weighted by Gasteiger charge is -2.45. The van der Waals surface area contributed by atoms with E-state index < -0.39 is 108 Å². The fraction of sp³-hybridized carbons (Fsp3) is 0.513. The minimum absolute atomic E-state index is 0.0214. The highest BCUT2D eigenvalue weighted by molar-refractivity contribution is 7.99. The van der Waals surface area contributed by atoms with Crippen LogP contribution < -0.4 is 10.6 Å². The summed E-state index contributed by atoms with van der Waals surface area (Å²) >= 11 is 0.830. The lowest BCUT2D eigenvalue weighted by molar-refractivity contribution is -0.263. The number of nitrogens with zero attached hydrogens (tertiary/aromatic N) is 1. The summed E-state index contributed by atoms with van der Waals surface area (Å²) in [7, 11) is 1.19. The molecule has 3 N–H and O–H groups in total. The normalized spacial score (nSPS) is 26.3. The number of hydrogen-bond donors (Lipinski definition) is 3. The summed E-state index contributed by atoms with van der Waals surface area (Å²) < 4.78 is 38.9. The highest BCUT2D eigenvalue weighted by atomic mass is 32.2. The molecule has 18 nitrogen and oxygen atoms in total. The average molecular weight is 832 g/mol. The zero-order chi connectivity index (χ0) is 42.8. The highest BCUT2D eigenvalue weighted by Crippen LogP contribution is 2.41. The van der Waals surface area contributed by atoms with Gasteiger partial charge >= 0.3 is 30.0 Å². The molecule has 0 saturated carbocycles. The molecular formula is C39H49N3O15S. The molecule has 19 heteroatoms. The average Bonchev–Trinajstić information content (AvgIpc) is 3.34. The Labute approximate surface area is 339 Å². The Hall–Kier alpha value is -5.24. The van der Waals surface area contributed by atoms with E-state index in [4.69, 9.17) is 33.2 Å². The molecule has 0 bridgehead atoms. The summed E-state index contributed by atoms with van der Waals surface area (Å²) in [5, 5.41) is 17.2. The van der Waals surface area contributed by atoms with Crippen LogP contribution in [-0.2, 0) is 75.0 Å². The standard InChI is InChI=1S/C39H49N3O15S/c1-22(43)40-31-33(55-25(4)46)32(54-24(3)45)30(20-52-23(2)44)56-36(31)58-21-29(42-37(49)57-39(6,51-7)38(42,5)50)34(47)41-28(18-26-14-10-8-11-15-26)35(48)53-19-27-16-12-9-13-17-27/h8-17,28-33,36,50H,18-21H2,1-7H3,(H,40,43)(H,41,47)/t28-,29-,30+,31+,32-,33+,36+,38+,39-/m0/s1. The van der Waals surface area contributed by atoms with Gasteiger partial charge in [-0.15, -0.1) is 11.8 Å². The van der Waals surface area contributed by atoms with E-state index in [9.17, 15) is 38.7 Å². The maximum Gasteiger partial charge on any atom is 0.415 e. The van der Waals surface area contributed by atoms with Crippen LogP contribution in [0, 0.1) is 0 Å². The quantitative estimate of drug-likeness (QED) is 0.152. The largest absolute Gasteiger partial charge is 0.463 e. The van der Waals surface area contributed by atoms with E-state index in [-0.39, 0.29) is 13.0 Å². The molecule has 2 heterocycles. The molecule has 3 amide bonds. The lowest BCUT2D eigenvalue weighted by atomic mass is 9.97. The van der Waals surface area contributed by atoms with Gasteiger partial charge < -0.3 is 48.9 Å². The third-order valence-electron chi connectivity index (χ3n) is 9.41. The van der Waals surface area contributed by atoms with Crippen molar-refractivity contribution in [1.29, 1.82) is 0 Å². The van der Waals surface area contributed by atoms with E-state index in [2.05, 4.69) is 10.6 Å². The van der Waals surface area contributed by atoms with Crippen molar-refractivity contribution < 1.29 is 71.8 Å². The summed E-state index contributed by atoms with van der Waals surface area (Å²) in [4.78, 5) is 91.6. The third kappa shape index (κ3) is 11.5. The smallest absolute Gasteiger partial charge is 0.415 e. The van der Waals surface area contributed by atoms with Crippen LogP contribution in [0.25, 0.3) is 0 Å². The van der Waals surface area contributed by atoms with E-state index in [1.54, 1.807) is 60.7 Å². The van der Waals surface area contributed by atoms with Crippen LogP contribution in [0.15, 0.2) is 60.7 Å². The van der Waals surface area contributed by atoms with Gasteiger partial charge in [-0.3, -0.25) is 28.9 Å². The molecule has 0 spiro atoms. The van der Waals surface area contributed by atoms with Crippen LogP contribution in [0.5, 0.6) is 0 Å². The van der Waals surface area contributed by atoms with Gasteiger partial charge in [0.15, 0.2) is 12.2 Å². The number of rotatable bonds is 17. The molecule has 2 saturated heterocycles. The summed E-state index contributed by atoms with van der Waals surface area (Å²) in [6, 6.07) is 13.5. The van der Waals surface area contributed by atoms with Crippen molar-refractivity contribution in [2.24, 2.45) is 0 Å². The summed E-state index contributed by atoms with van der Waals surface area (Å²) in [6.45, 7) is 6.43. The minimum Gasteiger partial charge on any atom is -0.463 e. The maximum absolute atomic E-state index is 14.6. The van der Waals surface area contributed by atoms with Crippen molar-refractivity contribution in [3.05, 3.63) is 71.8 Å². The molecule has 2 aliphatic rings. The number of carbonyl (C=O) groups excluding carboxylic acids is 7. The summed E-state index contributed by atoms with van der Waals surface area (Å²) in [5.41, 5.74) is -2.20. The van der Waals surface area contributed by atoms with Gasteiger partial charge in [-0.2, -0.15) is 0 Å². The molecule has 0 aromatic heterocycles. The van der Waals surface area contributed by atoms with Gasteiger partial charge in [0.25, 0.3) is 5.79 Å². The summed E-state index contributed by atoms with van der Waals surface area (Å²) in [5.74, 6) is -7.05. The zero-order valence-corrected chi connectivity index (χ0v) is 34.0. The van der Waals surface area contributed by atoms with Crippen LogP contribution in [0.3, 0.4) is 0 Å². The van der Waals surface area contributed by atoms with Crippen molar-refractivity contribution in [3.8, 4) is 0 Å². The third-order valence-corrected chi connectivity index (χ3v) is 10.7. The first kappa shape index (κ1) is 45.5. The zero-order valence-electron chi connectivity index (χ0n) is 33.2. The molecule has 58 heavy (non-hydrogen) atoms. The Bertz CT molecular complexity index is 1800. The van der Waals surface area contributed by atoms with Gasteiger partial charge in [0.05, 0.1) is 0 Å². The van der Waals surface area contributed by atoms with Gasteiger partial charge in [-0.1, -0.05) is 60.7 Å². The first-order valence-corrected chi connectivity index (χ1v) is 19.3. The molecule has 0 unspecified atom stereocenters. The van der Waals surface area contributed by atoms with E-state index in [0.29, 0.717) is 11.1 Å². The van der Waals surface area contributed by atoms with E-state index >= 15 is 0 Å². The predicted molar refractivity (Wildman–Crippen MR) is 203 cm³/mol. The second kappa shape index (κ2) is 20.0. The number of ether oxygens (including phenoxy) is 7. The second-order valence-electron chi connectivity index (χ2n) is 13.8. The van der Waals surface area contributed by atoms with E-state index in [0.717, 1.165) is 37.4 Å². The monoisotopic (exact) mass is 831 g/mol. The van der Waals surface area contributed by atoms with Crippen LogP contribution in [-0.4, -0.2) is 125 Å². The van der Waals surface area contributed by atoms with Crippen molar-refractivity contribution in [3.63, 3.8) is 0 Å². The molecule has 0 aliphatic carbocycles. The number of amides is 3. The van der Waals surface area contributed by atoms with Crippen LogP contribution in [0.4, 0.5) is 4.79 Å². The Balaban J connectivity index is 1.73. The van der Waals surface area contributed by atoms with Crippen molar-refractivity contribution in [2.75, 3.05) is 19.5 Å². The number of thioether (sulfide) groups is 1. The van der Waals surface area contributed by atoms with Gasteiger partial charge in [0.2, 0.25) is 17.5 Å². The Kier molecular flexibility index (Phi) is 15.6. The Morgan fingerprint density at radius 1 is 0.862 bits per heavy atom. The van der Waals surface area contributed by atoms with Gasteiger partial charge in [0.1, 0.15) is 42.9 Å². The highest BCUT2D eigenvalue weighted by Gasteiger charge is 2.63. The number of methoxy groups -OCH3 is 1. The van der Waals surface area contributed by atoms with E-state index in [1.165, 1.54) is 27.9 Å². The minimum atomic E-state index is -2.30. The number of aliphatic hydroxyl groups is 1. The SMILES string of the molecule is CO[C@@]1(C)OC(=O)N([C@@H](CS[C@H]2O[C@H](COC(C)=O)[C@H](OC(C)=O)[C@H](OC(C)=O)[C@H]2NC(C)=O)C(=O)N[C@@H](Cc2ccccc2)C(=O)OCc2ccccc2)[C@]1(C)O. The Morgan fingerprint density at radius 2 is 1.45 bits per heavy atom. The molecule has 2 aliphatic heterocycles. The predicted octanol–water partition coefficient (Wildman–Crippen LogP) is 1.74. The number of nitrogens with one attached hydrogen (secondary N) is 2. The molecule has 2 aromatic rings. The number of cyclic esters (lactones) is 1. The van der Waals surface area contributed by atoms with Crippen LogP contribution in [0.2, 0.25) is 0 Å². The fourth-order valence-electron chi connectivity index (χ4n) is 6.40. The molecular weight excluding hydrogens is 783 g/mol. The molecule has 316 valence electrons. The first-order valence-electron chi connectivity index (χ1n) is 18.2. The fourth-order valence-corrected chi connectivity index (χ4v) is 7.73. The number of esters is 4. The van der Waals surface area contributed by atoms with Gasteiger partial charge in [-0.25, -0.2) is 9.59 Å². The molecule has 4 rings (SSSR count). The molecule has 2 fully saturated rings. The number of hydrogen-bond acceptors (Lipinski definition) is 16. The topological polar surface area (TPSA) is 232 Å². The number of benzene rings is 2. The van der Waals surface area contributed by atoms with Gasteiger partial charge in [0, 0.05) is 53.9 Å². The lowest BCUT2D eigenvalue weighted by Crippen LogP contribution is -2.66.